The van der Waals surface area contributed by atoms with E-state index in [4.69, 9.17) is 5.26 Å². The minimum Gasteiger partial charge on any atom is -0.508 e. The van der Waals surface area contributed by atoms with E-state index >= 15 is 0 Å². The van der Waals surface area contributed by atoms with E-state index in [1.54, 1.807) is 6.07 Å². The molecule has 2 aromatic carbocycles. The molecule has 0 aromatic heterocycles. The second kappa shape index (κ2) is 5.29. The Morgan fingerprint density at radius 1 is 1.21 bits per heavy atom. The van der Waals surface area contributed by atoms with Gasteiger partial charge >= 0.3 is 0 Å². The molecule has 19 heavy (non-hydrogen) atoms. The van der Waals surface area contributed by atoms with Crippen molar-refractivity contribution in [3.63, 3.8) is 0 Å². The number of hydrogen-bond acceptors (Lipinski definition) is 3. The van der Waals surface area contributed by atoms with E-state index in [2.05, 4.69) is 11.4 Å². The zero-order valence-corrected chi connectivity index (χ0v) is 11.3. The lowest BCUT2D eigenvalue weighted by Crippen LogP contribution is -2.27. The molecule has 0 heterocycles. The third-order valence-electron chi connectivity index (χ3n) is 3.19. The molecule has 0 unspecified atom stereocenters. The van der Waals surface area contributed by atoms with Crippen molar-refractivity contribution >= 4 is 10.8 Å². The molecule has 3 nitrogen and oxygen atoms in total. The molecule has 2 rings (SSSR count). The number of phenolic OH excluding ortho intramolecular Hbond substituents is 1. The van der Waals surface area contributed by atoms with E-state index in [0.717, 1.165) is 16.3 Å². The van der Waals surface area contributed by atoms with Crippen LogP contribution in [-0.2, 0) is 6.54 Å². The van der Waals surface area contributed by atoms with E-state index in [1.807, 2.05) is 44.2 Å². The van der Waals surface area contributed by atoms with E-state index in [9.17, 15) is 5.11 Å². The molecule has 0 saturated carbocycles. The van der Waals surface area contributed by atoms with E-state index < -0.39 is 5.41 Å². The van der Waals surface area contributed by atoms with Crippen molar-refractivity contribution in [2.75, 3.05) is 6.54 Å². The average Bonchev–Trinajstić information content (AvgIpc) is 2.41. The van der Waals surface area contributed by atoms with Crippen LogP contribution in [0.25, 0.3) is 10.8 Å². The SMILES string of the molecule is CC(C)(C#N)CNCc1c(O)ccc2ccccc12. The first-order valence-corrected chi connectivity index (χ1v) is 6.35. The van der Waals surface area contributed by atoms with Crippen LogP contribution in [0.3, 0.4) is 0 Å². The predicted octanol–water partition coefficient (Wildman–Crippen LogP) is 3.18. The molecule has 0 bridgehead atoms. The standard InChI is InChI=1S/C16H18N2O/c1-16(2,10-17)11-18-9-14-13-6-4-3-5-12(13)7-8-15(14)19/h3-8,18-19H,9,11H2,1-2H3. The summed E-state index contributed by atoms with van der Waals surface area (Å²) in [5, 5.41) is 24.4. The Bertz CT molecular complexity index is 626. The second-order valence-electron chi connectivity index (χ2n) is 5.38. The van der Waals surface area contributed by atoms with Crippen LogP contribution >= 0.6 is 0 Å². The Morgan fingerprint density at radius 3 is 2.68 bits per heavy atom. The molecule has 0 atom stereocenters. The first-order valence-electron chi connectivity index (χ1n) is 6.35. The number of rotatable bonds is 4. The molecular weight excluding hydrogens is 236 g/mol. The third kappa shape index (κ3) is 3.04. The maximum absolute atomic E-state index is 9.99. The number of nitrogens with one attached hydrogen (secondary N) is 1. The molecule has 98 valence electrons. The molecule has 0 aliphatic rings. The number of benzene rings is 2. The van der Waals surface area contributed by atoms with Crippen LogP contribution in [0.1, 0.15) is 19.4 Å². The van der Waals surface area contributed by atoms with Gasteiger partial charge in [0.25, 0.3) is 0 Å². The first-order chi connectivity index (χ1) is 9.03. The van der Waals surface area contributed by atoms with Gasteiger partial charge in [-0.2, -0.15) is 5.26 Å². The summed E-state index contributed by atoms with van der Waals surface area (Å²) in [7, 11) is 0. The van der Waals surface area contributed by atoms with E-state index in [0.29, 0.717) is 18.8 Å². The van der Waals surface area contributed by atoms with Gasteiger partial charge in [0, 0.05) is 18.7 Å². The van der Waals surface area contributed by atoms with Crippen LogP contribution in [0.5, 0.6) is 5.75 Å². The van der Waals surface area contributed by atoms with Gasteiger partial charge in [-0.15, -0.1) is 0 Å². The zero-order valence-electron chi connectivity index (χ0n) is 11.3. The summed E-state index contributed by atoms with van der Waals surface area (Å²) < 4.78 is 0. The zero-order chi connectivity index (χ0) is 13.9. The first kappa shape index (κ1) is 13.4. The Hall–Kier alpha value is -2.05. The highest BCUT2D eigenvalue weighted by atomic mass is 16.3. The van der Waals surface area contributed by atoms with Crippen LogP contribution in [-0.4, -0.2) is 11.7 Å². The number of nitriles is 1. The molecule has 0 radical (unpaired) electrons. The van der Waals surface area contributed by atoms with Crippen LogP contribution in [0.2, 0.25) is 0 Å². The van der Waals surface area contributed by atoms with Crippen molar-refractivity contribution in [3.8, 4) is 11.8 Å². The van der Waals surface area contributed by atoms with Crippen LogP contribution in [0, 0.1) is 16.7 Å². The van der Waals surface area contributed by atoms with Crippen molar-refractivity contribution < 1.29 is 5.11 Å². The highest BCUT2D eigenvalue weighted by Crippen LogP contribution is 2.27. The Morgan fingerprint density at radius 2 is 1.95 bits per heavy atom. The molecule has 0 fully saturated rings. The molecule has 0 spiro atoms. The molecule has 0 amide bonds. The molecule has 0 aliphatic heterocycles. The Kier molecular flexibility index (Phi) is 3.73. The van der Waals surface area contributed by atoms with E-state index in [-0.39, 0.29) is 0 Å². The van der Waals surface area contributed by atoms with Crippen molar-refractivity contribution in [3.05, 3.63) is 42.0 Å². The Labute approximate surface area is 113 Å². The molecule has 0 saturated heterocycles. The highest BCUT2D eigenvalue weighted by Gasteiger charge is 2.16. The van der Waals surface area contributed by atoms with Gasteiger partial charge in [-0.05, 0) is 30.7 Å². The van der Waals surface area contributed by atoms with Crippen molar-refractivity contribution in [2.45, 2.75) is 20.4 Å². The summed E-state index contributed by atoms with van der Waals surface area (Å²) in [5.74, 6) is 0.293. The fourth-order valence-corrected chi connectivity index (χ4v) is 2.05. The van der Waals surface area contributed by atoms with Gasteiger partial charge in [-0.25, -0.2) is 0 Å². The lowest BCUT2D eigenvalue weighted by Gasteiger charge is -2.17. The lowest BCUT2D eigenvalue weighted by atomic mass is 9.95. The molecule has 2 N–H and O–H groups in total. The third-order valence-corrected chi connectivity index (χ3v) is 3.19. The number of phenols is 1. The summed E-state index contributed by atoms with van der Waals surface area (Å²) in [6, 6.07) is 13.9. The normalized spacial score (nSPS) is 11.4. The van der Waals surface area contributed by atoms with Crippen LogP contribution in [0.15, 0.2) is 36.4 Å². The van der Waals surface area contributed by atoms with Crippen molar-refractivity contribution in [2.24, 2.45) is 5.41 Å². The van der Waals surface area contributed by atoms with Crippen LogP contribution in [0.4, 0.5) is 0 Å². The fraction of sp³-hybridized carbons (Fsp3) is 0.312. The van der Waals surface area contributed by atoms with Gasteiger partial charge in [0.05, 0.1) is 11.5 Å². The van der Waals surface area contributed by atoms with Crippen molar-refractivity contribution in [1.29, 1.82) is 5.26 Å². The van der Waals surface area contributed by atoms with Gasteiger partial charge in [0.2, 0.25) is 0 Å². The largest absolute Gasteiger partial charge is 0.508 e. The van der Waals surface area contributed by atoms with Gasteiger partial charge in [0.15, 0.2) is 0 Å². The topological polar surface area (TPSA) is 56.0 Å². The van der Waals surface area contributed by atoms with Gasteiger partial charge in [-0.3, -0.25) is 0 Å². The smallest absolute Gasteiger partial charge is 0.120 e. The summed E-state index contributed by atoms with van der Waals surface area (Å²) >= 11 is 0. The quantitative estimate of drug-likeness (QED) is 0.881. The summed E-state index contributed by atoms with van der Waals surface area (Å²) in [6.45, 7) is 4.93. The number of hydrogen-bond donors (Lipinski definition) is 2. The molecule has 2 aromatic rings. The predicted molar refractivity (Wildman–Crippen MR) is 76.7 cm³/mol. The molecule has 3 heteroatoms. The summed E-state index contributed by atoms with van der Waals surface area (Å²) in [4.78, 5) is 0. The number of fused-ring (bicyclic) bond motifs is 1. The second-order valence-corrected chi connectivity index (χ2v) is 5.38. The van der Waals surface area contributed by atoms with Gasteiger partial charge < -0.3 is 10.4 Å². The minimum absolute atomic E-state index is 0.293. The average molecular weight is 254 g/mol. The maximum atomic E-state index is 9.99. The monoisotopic (exact) mass is 254 g/mol. The molecule has 0 aliphatic carbocycles. The van der Waals surface area contributed by atoms with Gasteiger partial charge in [-0.1, -0.05) is 30.3 Å². The highest BCUT2D eigenvalue weighted by molar-refractivity contribution is 5.87. The van der Waals surface area contributed by atoms with E-state index in [1.165, 1.54) is 0 Å². The molecular formula is C16H18N2O. The summed E-state index contributed by atoms with van der Waals surface area (Å²) in [5.41, 5.74) is 0.479. The maximum Gasteiger partial charge on any atom is 0.120 e. The van der Waals surface area contributed by atoms with Gasteiger partial charge in [0.1, 0.15) is 5.75 Å². The fourth-order valence-electron chi connectivity index (χ4n) is 2.05. The number of nitrogens with zero attached hydrogens (tertiary/aromatic N) is 1. The Balaban J connectivity index is 2.21. The minimum atomic E-state index is -0.403. The van der Waals surface area contributed by atoms with Crippen LogP contribution < -0.4 is 5.32 Å². The lowest BCUT2D eigenvalue weighted by molar-refractivity contribution is 0.434. The number of aromatic hydroxyl groups is 1. The summed E-state index contributed by atoms with van der Waals surface area (Å²) in [6.07, 6.45) is 0. The van der Waals surface area contributed by atoms with Crippen molar-refractivity contribution in [1.82, 2.24) is 5.32 Å².